The van der Waals surface area contributed by atoms with Gasteiger partial charge in [0.15, 0.2) is 5.65 Å². The summed E-state index contributed by atoms with van der Waals surface area (Å²) >= 11 is 0. The molecule has 4 nitrogen and oxygen atoms in total. The van der Waals surface area contributed by atoms with Gasteiger partial charge in [0.1, 0.15) is 11.2 Å². The molecule has 0 radical (unpaired) electrons. The highest BCUT2D eigenvalue weighted by molar-refractivity contribution is 5.90. The summed E-state index contributed by atoms with van der Waals surface area (Å²) in [6.45, 7) is 4.16. The number of fused-ring (bicyclic) bond motifs is 5. The minimum atomic E-state index is 0.870. The Bertz CT molecular complexity index is 937. The predicted molar refractivity (Wildman–Crippen MR) is 75.3 cm³/mol. The molecule has 92 valence electrons. The van der Waals surface area contributed by atoms with Crippen molar-refractivity contribution in [3.63, 3.8) is 0 Å². The zero-order valence-electron chi connectivity index (χ0n) is 10.8. The summed E-state index contributed by atoms with van der Waals surface area (Å²) in [5.41, 5.74) is 7.14. The van der Waals surface area contributed by atoms with Crippen LogP contribution in [-0.2, 0) is 0 Å². The molecule has 0 saturated heterocycles. The summed E-state index contributed by atoms with van der Waals surface area (Å²) in [6, 6.07) is 8.12. The van der Waals surface area contributed by atoms with E-state index in [9.17, 15) is 0 Å². The molecule has 0 atom stereocenters. The summed E-state index contributed by atoms with van der Waals surface area (Å²) in [5, 5.41) is 0. The number of rotatable bonds is 0. The zero-order chi connectivity index (χ0) is 13.0. The Morgan fingerprint density at radius 2 is 1.68 bits per heavy atom. The van der Waals surface area contributed by atoms with Crippen LogP contribution in [-0.4, -0.2) is 19.4 Å². The number of aromatic nitrogens is 4. The average Bonchev–Trinajstić information content (AvgIpc) is 2.84. The monoisotopic (exact) mass is 248 g/mol. The number of hydrogen-bond donors (Lipinski definition) is 0. The van der Waals surface area contributed by atoms with Crippen LogP contribution in [0.1, 0.15) is 11.1 Å². The lowest BCUT2D eigenvalue weighted by Crippen LogP contribution is -1.99. The van der Waals surface area contributed by atoms with Crippen LogP contribution in [0.5, 0.6) is 0 Å². The Hall–Kier alpha value is -2.49. The molecule has 0 aliphatic carbocycles. The molecule has 0 fully saturated rings. The molecule has 0 aliphatic rings. The molecule has 0 bridgehead atoms. The molecule has 0 spiro atoms. The van der Waals surface area contributed by atoms with E-state index in [-0.39, 0.29) is 0 Å². The fourth-order valence-corrected chi connectivity index (χ4v) is 2.60. The highest BCUT2D eigenvalue weighted by atomic mass is 15.1. The fraction of sp³-hybridized carbons (Fsp3) is 0.133. The molecule has 19 heavy (non-hydrogen) atoms. The standard InChI is InChI=1S/C15H12N4/c1-9-10(2)14-18-11-5-3-4-6-12(11)19(14)15-13(9)16-7-8-17-15/h3-8H,1-2H3. The Kier molecular flexibility index (Phi) is 1.93. The van der Waals surface area contributed by atoms with Gasteiger partial charge in [0.05, 0.1) is 11.0 Å². The van der Waals surface area contributed by atoms with Gasteiger partial charge in [0.2, 0.25) is 0 Å². The highest BCUT2D eigenvalue weighted by Crippen LogP contribution is 2.26. The number of nitrogens with zero attached hydrogens (tertiary/aromatic N) is 4. The Morgan fingerprint density at radius 3 is 2.58 bits per heavy atom. The lowest BCUT2D eigenvalue weighted by molar-refractivity contribution is 1.14. The molecule has 4 aromatic rings. The first-order valence-corrected chi connectivity index (χ1v) is 6.24. The molecule has 4 rings (SSSR count). The lowest BCUT2D eigenvalue weighted by Gasteiger charge is -2.08. The third-order valence-electron chi connectivity index (χ3n) is 3.70. The summed E-state index contributed by atoms with van der Waals surface area (Å²) in [4.78, 5) is 13.7. The van der Waals surface area contributed by atoms with Crippen molar-refractivity contribution in [2.75, 3.05) is 0 Å². The molecule has 3 heterocycles. The Labute approximate surface area is 109 Å². The van der Waals surface area contributed by atoms with Gasteiger partial charge in [0, 0.05) is 12.4 Å². The van der Waals surface area contributed by atoms with Gasteiger partial charge < -0.3 is 0 Å². The van der Waals surface area contributed by atoms with E-state index in [0.29, 0.717) is 0 Å². The van der Waals surface area contributed by atoms with Crippen molar-refractivity contribution in [2.24, 2.45) is 0 Å². The first kappa shape index (κ1) is 10.4. The fourth-order valence-electron chi connectivity index (χ4n) is 2.60. The van der Waals surface area contributed by atoms with E-state index < -0.39 is 0 Å². The van der Waals surface area contributed by atoms with Gasteiger partial charge in [-0.3, -0.25) is 9.38 Å². The maximum Gasteiger partial charge on any atom is 0.165 e. The van der Waals surface area contributed by atoms with Gasteiger partial charge in [-0.05, 0) is 37.1 Å². The summed E-state index contributed by atoms with van der Waals surface area (Å²) in [7, 11) is 0. The van der Waals surface area contributed by atoms with Crippen molar-refractivity contribution < 1.29 is 0 Å². The van der Waals surface area contributed by atoms with Gasteiger partial charge in [-0.25, -0.2) is 9.97 Å². The van der Waals surface area contributed by atoms with Crippen LogP contribution in [0.15, 0.2) is 36.7 Å². The van der Waals surface area contributed by atoms with Gasteiger partial charge >= 0.3 is 0 Å². The molecule has 0 saturated carbocycles. The van der Waals surface area contributed by atoms with Crippen molar-refractivity contribution in [1.82, 2.24) is 19.4 Å². The molecule has 0 N–H and O–H groups in total. The lowest BCUT2D eigenvalue weighted by atomic mass is 10.1. The smallest absolute Gasteiger partial charge is 0.165 e. The number of aryl methyl sites for hydroxylation is 2. The third-order valence-corrected chi connectivity index (χ3v) is 3.70. The van der Waals surface area contributed by atoms with E-state index in [1.165, 1.54) is 0 Å². The van der Waals surface area contributed by atoms with Crippen LogP contribution in [0.4, 0.5) is 0 Å². The first-order valence-electron chi connectivity index (χ1n) is 6.24. The van der Waals surface area contributed by atoms with Gasteiger partial charge in [-0.2, -0.15) is 0 Å². The van der Waals surface area contributed by atoms with Crippen molar-refractivity contribution >= 4 is 27.8 Å². The number of para-hydroxylation sites is 2. The second-order valence-corrected chi connectivity index (χ2v) is 4.74. The third kappa shape index (κ3) is 1.25. The summed E-state index contributed by atoms with van der Waals surface area (Å²) in [6.07, 6.45) is 3.46. The van der Waals surface area contributed by atoms with Crippen LogP contribution >= 0.6 is 0 Å². The van der Waals surface area contributed by atoms with E-state index in [1.807, 2.05) is 18.2 Å². The SMILES string of the molecule is Cc1c(C)c2nc3ccccc3n2c2nccnc12. The molecule has 0 amide bonds. The molecular formula is C15H12N4. The molecule has 1 aromatic carbocycles. The number of pyridine rings is 1. The van der Waals surface area contributed by atoms with E-state index in [4.69, 9.17) is 4.98 Å². The van der Waals surface area contributed by atoms with Gasteiger partial charge in [-0.15, -0.1) is 0 Å². The minimum Gasteiger partial charge on any atom is -0.275 e. The highest BCUT2D eigenvalue weighted by Gasteiger charge is 2.14. The topological polar surface area (TPSA) is 43.1 Å². The van der Waals surface area contributed by atoms with Crippen LogP contribution in [0.3, 0.4) is 0 Å². The van der Waals surface area contributed by atoms with Crippen molar-refractivity contribution in [3.05, 3.63) is 47.8 Å². The molecule has 0 aliphatic heterocycles. The van der Waals surface area contributed by atoms with Crippen molar-refractivity contribution in [3.8, 4) is 0 Å². The molecular weight excluding hydrogens is 236 g/mol. The van der Waals surface area contributed by atoms with E-state index in [2.05, 4.69) is 34.3 Å². The maximum absolute atomic E-state index is 4.72. The minimum absolute atomic E-state index is 0.870. The maximum atomic E-state index is 4.72. The largest absolute Gasteiger partial charge is 0.275 e. The predicted octanol–water partition coefficient (Wildman–Crippen LogP) is 3.05. The molecule has 3 aromatic heterocycles. The summed E-state index contributed by atoms with van der Waals surface area (Å²) < 4.78 is 2.10. The van der Waals surface area contributed by atoms with E-state index >= 15 is 0 Å². The molecule has 0 unspecified atom stereocenters. The van der Waals surface area contributed by atoms with E-state index in [1.54, 1.807) is 12.4 Å². The second kappa shape index (κ2) is 3.51. The number of benzene rings is 1. The normalized spacial score (nSPS) is 11.7. The molecule has 4 heteroatoms. The van der Waals surface area contributed by atoms with Gasteiger partial charge in [-0.1, -0.05) is 12.1 Å². The second-order valence-electron chi connectivity index (χ2n) is 4.74. The van der Waals surface area contributed by atoms with Crippen molar-refractivity contribution in [1.29, 1.82) is 0 Å². The van der Waals surface area contributed by atoms with Gasteiger partial charge in [0.25, 0.3) is 0 Å². The summed E-state index contributed by atoms with van der Waals surface area (Å²) in [5.74, 6) is 0. The van der Waals surface area contributed by atoms with Crippen LogP contribution < -0.4 is 0 Å². The van der Waals surface area contributed by atoms with Crippen LogP contribution in [0, 0.1) is 13.8 Å². The zero-order valence-corrected chi connectivity index (χ0v) is 10.8. The number of imidazole rings is 1. The van der Waals surface area contributed by atoms with E-state index in [0.717, 1.165) is 39.0 Å². The first-order chi connectivity index (χ1) is 9.27. The number of hydrogen-bond acceptors (Lipinski definition) is 3. The van der Waals surface area contributed by atoms with Crippen LogP contribution in [0.25, 0.3) is 27.8 Å². The average molecular weight is 248 g/mol. The van der Waals surface area contributed by atoms with Crippen molar-refractivity contribution in [2.45, 2.75) is 13.8 Å². The Morgan fingerprint density at radius 1 is 0.895 bits per heavy atom. The van der Waals surface area contributed by atoms with Crippen LogP contribution in [0.2, 0.25) is 0 Å². The quantitative estimate of drug-likeness (QED) is 0.480. The Balaban J connectivity index is 2.43.